The molecule has 6 N–H and O–H groups in total. The van der Waals surface area contributed by atoms with Crippen molar-refractivity contribution >= 4 is 10.4 Å². The van der Waals surface area contributed by atoms with Gasteiger partial charge in [0.1, 0.15) is 0 Å². The van der Waals surface area contributed by atoms with Crippen molar-refractivity contribution in [1.82, 2.24) is 0 Å². The van der Waals surface area contributed by atoms with Crippen LogP contribution in [0.1, 0.15) is 0 Å². The van der Waals surface area contributed by atoms with Crippen molar-refractivity contribution in [2.24, 2.45) is 0 Å². The Kier molecular flexibility index (Phi) is 7.64. The number of aliphatic hydroxyl groups excluding tert-OH is 1. The average Bonchev–Trinajstić information content (AvgIpc) is 1.98. The van der Waals surface area contributed by atoms with Gasteiger partial charge in [-0.2, -0.15) is 8.42 Å². The smallest absolute Gasteiger partial charge is 0.362 e. The van der Waals surface area contributed by atoms with E-state index >= 15 is 0 Å². The Morgan fingerprint density at radius 3 is 1.73 bits per heavy atom. The second-order valence-corrected chi connectivity index (χ2v) is 3.15. The summed E-state index contributed by atoms with van der Waals surface area (Å²) in [5, 5.41) is 38.5. The molecular formula is C5H12O9S. The van der Waals surface area contributed by atoms with Crippen LogP contribution in [0.15, 0.2) is 12.7 Å². The molecule has 0 saturated heterocycles. The van der Waals surface area contributed by atoms with Gasteiger partial charge >= 0.3 is 16.4 Å². The summed E-state index contributed by atoms with van der Waals surface area (Å²) in [6.07, 6.45) is -1.32. The van der Waals surface area contributed by atoms with Crippen molar-refractivity contribution in [3.05, 3.63) is 12.7 Å². The molecule has 0 heterocycles. The van der Waals surface area contributed by atoms with E-state index in [-0.39, 0.29) is 6.61 Å². The highest BCUT2D eigenvalue weighted by Crippen LogP contribution is 1.94. The van der Waals surface area contributed by atoms with E-state index in [4.69, 9.17) is 30.1 Å². The zero-order chi connectivity index (χ0) is 12.7. The van der Waals surface area contributed by atoms with Crippen molar-refractivity contribution in [2.75, 3.05) is 6.61 Å². The Bertz CT molecular complexity index is 261. The first kappa shape index (κ1) is 16.8. The molecule has 0 aromatic heterocycles. The molecule has 0 aliphatic rings. The largest absolute Gasteiger partial charge is 0.397 e. The van der Waals surface area contributed by atoms with Crippen LogP contribution in [0.4, 0.5) is 0 Å². The van der Waals surface area contributed by atoms with E-state index in [0.29, 0.717) is 0 Å². The van der Waals surface area contributed by atoms with Crippen molar-refractivity contribution in [3.8, 4) is 0 Å². The summed E-state index contributed by atoms with van der Waals surface area (Å²) >= 11 is 0. The van der Waals surface area contributed by atoms with Gasteiger partial charge in [0.25, 0.3) is 0 Å². The number of hydrogen-bond acceptors (Lipinski definition) is 8. The van der Waals surface area contributed by atoms with Gasteiger partial charge in [-0.3, -0.25) is 4.55 Å². The highest BCUT2D eigenvalue weighted by atomic mass is 32.3. The topological polar surface area (TPSA) is 165 Å². The van der Waals surface area contributed by atoms with Crippen LogP contribution in [0.25, 0.3) is 0 Å². The fourth-order valence-electron chi connectivity index (χ4n) is 0.134. The van der Waals surface area contributed by atoms with Crippen molar-refractivity contribution < 1.29 is 42.7 Å². The van der Waals surface area contributed by atoms with E-state index < -0.39 is 22.7 Å². The molecule has 9 nitrogen and oxygen atoms in total. The van der Waals surface area contributed by atoms with Crippen LogP contribution >= 0.6 is 0 Å². The number of hydrogen-bond donors (Lipinski definition) is 6. The van der Waals surface area contributed by atoms with Gasteiger partial charge < -0.3 is 25.5 Å². The third-order valence-corrected chi connectivity index (χ3v) is 1.12. The van der Waals surface area contributed by atoms with Crippen LogP contribution in [0, 0.1) is 0 Å². The summed E-state index contributed by atoms with van der Waals surface area (Å²) in [7, 11) is -4.26. The van der Waals surface area contributed by atoms with Gasteiger partial charge in [-0.25, -0.2) is 4.18 Å². The molecule has 0 aromatic rings. The minimum absolute atomic E-state index is 0.196. The van der Waals surface area contributed by atoms with Crippen LogP contribution < -0.4 is 0 Å². The summed E-state index contributed by atoms with van der Waals surface area (Å²) < 4.78 is 31.0. The molecule has 15 heavy (non-hydrogen) atoms. The molecule has 0 fully saturated rings. The lowest BCUT2D eigenvalue weighted by Crippen LogP contribution is -2.41. The zero-order valence-corrected chi connectivity index (χ0v) is 8.20. The second-order valence-electron chi connectivity index (χ2n) is 2.06. The van der Waals surface area contributed by atoms with E-state index in [2.05, 4.69) is 10.8 Å². The maximum Gasteiger partial charge on any atom is 0.397 e. The summed E-state index contributed by atoms with van der Waals surface area (Å²) in [6.45, 7) is 2.97. The molecular weight excluding hydrogens is 236 g/mol. The molecule has 0 unspecified atom stereocenters. The molecule has 92 valence electrons. The lowest BCUT2D eigenvalue weighted by Gasteiger charge is -2.14. The SMILES string of the molecule is C=CCOS(=O)(=O)O.OC(O)C(O)(O)O. The average molecular weight is 248 g/mol. The van der Waals surface area contributed by atoms with Gasteiger partial charge in [-0.1, -0.05) is 6.08 Å². The van der Waals surface area contributed by atoms with Gasteiger partial charge in [0, 0.05) is 0 Å². The zero-order valence-electron chi connectivity index (χ0n) is 7.39. The van der Waals surface area contributed by atoms with E-state index in [1.165, 1.54) is 6.08 Å². The minimum Gasteiger partial charge on any atom is -0.362 e. The maximum atomic E-state index is 9.68. The van der Waals surface area contributed by atoms with Gasteiger partial charge in [-0.05, 0) is 0 Å². The summed E-state index contributed by atoms with van der Waals surface area (Å²) in [4.78, 5) is 0. The molecule has 10 heteroatoms. The Labute approximate surface area is 85.4 Å². The van der Waals surface area contributed by atoms with Crippen LogP contribution in [-0.4, -0.2) is 57.4 Å². The fourth-order valence-corrected chi connectivity index (χ4v) is 0.402. The molecule has 0 bridgehead atoms. The highest BCUT2D eigenvalue weighted by molar-refractivity contribution is 7.80. The molecule has 0 radical (unpaired) electrons. The second kappa shape index (κ2) is 6.81. The Morgan fingerprint density at radius 1 is 1.33 bits per heavy atom. The first-order valence-electron chi connectivity index (χ1n) is 3.26. The maximum absolute atomic E-state index is 9.68. The summed E-state index contributed by atoms with van der Waals surface area (Å²) in [6, 6.07) is 0. The number of rotatable bonds is 4. The molecule has 0 atom stereocenters. The van der Waals surface area contributed by atoms with Gasteiger partial charge in [0.15, 0.2) is 0 Å². The first-order chi connectivity index (χ1) is 6.50. The predicted octanol–water partition coefficient (Wildman–Crippen LogP) is -3.08. The van der Waals surface area contributed by atoms with E-state index in [1.807, 2.05) is 0 Å². The molecule has 0 aromatic carbocycles. The lowest BCUT2D eigenvalue weighted by atomic mass is 10.5. The Morgan fingerprint density at radius 2 is 1.67 bits per heavy atom. The molecule has 0 rings (SSSR count). The van der Waals surface area contributed by atoms with Crippen molar-refractivity contribution in [2.45, 2.75) is 12.3 Å². The Balaban J connectivity index is 0. The minimum atomic E-state index is -4.26. The summed E-state index contributed by atoms with van der Waals surface area (Å²) in [5.41, 5.74) is 0. The molecule has 0 spiro atoms. The van der Waals surface area contributed by atoms with Gasteiger partial charge in [-0.15, -0.1) is 6.58 Å². The molecule has 0 aliphatic heterocycles. The molecule has 0 amide bonds. The highest BCUT2D eigenvalue weighted by Gasteiger charge is 2.27. The normalized spacial score (nSPS) is 11.9. The van der Waals surface area contributed by atoms with Crippen LogP contribution in [0.5, 0.6) is 0 Å². The predicted molar refractivity (Wildman–Crippen MR) is 45.3 cm³/mol. The first-order valence-corrected chi connectivity index (χ1v) is 4.63. The monoisotopic (exact) mass is 248 g/mol. The third-order valence-electron chi connectivity index (χ3n) is 0.681. The van der Waals surface area contributed by atoms with E-state index in [0.717, 1.165) is 0 Å². The van der Waals surface area contributed by atoms with E-state index in [1.54, 1.807) is 0 Å². The van der Waals surface area contributed by atoms with E-state index in [9.17, 15) is 8.42 Å². The third kappa shape index (κ3) is 16.1. The standard InChI is InChI=1S/C3H6O4S.C2H6O5/c1-2-3-7-8(4,5)6;3-1(4)2(5,6)7/h2H,1,3H2,(H,4,5,6);1,3-7H. The van der Waals surface area contributed by atoms with Crippen LogP contribution in [-0.2, 0) is 14.6 Å². The van der Waals surface area contributed by atoms with Crippen molar-refractivity contribution in [1.29, 1.82) is 0 Å². The Hall–Kier alpha value is -0.590. The van der Waals surface area contributed by atoms with Crippen LogP contribution in [0.2, 0.25) is 0 Å². The summed E-state index contributed by atoms with van der Waals surface area (Å²) in [5.74, 6) is -3.39. The quantitative estimate of drug-likeness (QED) is 0.172. The number of aliphatic hydroxyl groups is 5. The van der Waals surface area contributed by atoms with Gasteiger partial charge in [0.2, 0.25) is 6.29 Å². The fraction of sp³-hybridized carbons (Fsp3) is 0.600. The molecule has 0 saturated carbocycles. The van der Waals surface area contributed by atoms with Crippen LogP contribution in [0.3, 0.4) is 0 Å². The van der Waals surface area contributed by atoms with Crippen molar-refractivity contribution in [3.63, 3.8) is 0 Å². The lowest BCUT2D eigenvalue weighted by molar-refractivity contribution is -0.396. The molecule has 0 aliphatic carbocycles. The van der Waals surface area contributed by atoms with Gasteiger partial charge in [0.05, 0.1) is 6.61 Å².